The summed E-state index contributed by atoms with van der Waals surface area (Å²) >= 11 is 0. The highest BCUT2D eigenvalue weighted by Crippen LogP contribution is 2.41. The maximum absolute atomic E-state index is 15.2. The molecule has 2 fully saturated rings. The van der Waals surface area contributed by atoms with E-state index in [1.54, 1.807) is 39.0 Å². The minimum atomic E-state index is -4.85. The molecule has 234 valence electrons. The standard InChI is InChI=1S/C31H35F3N6O4/c1-18-16-42-24(18)17-43-23-9-5-7-19-11-12-21(36-26(19)23)28-38-37-25-10-6-8-22(40(25)28)27(31(32,33)34)39(20-13-14-35-15-20)29(41)44-30(2,3)4/h5-12,18,20,24,27,35H,13-17H2,1-4H3/t18?,20-,24?,27+/m0/s1. The first-order valence-electron chi connectivity index (χ1n) is 14.7. The molecule has 2 unspecified atom stereocenters. The first-order valence-corrected chi connectivity index (χ1v) is 14.7. The summed E-state index contributed by atoms with van der Waals surface area (Å²) in [6.07, 6.45) is -5.57. The molecule has 0 saturated carbocycles. The van der Waals surface area contributed by atoms with Crippen molar-refractivity contribution in [2.45, 2.75) is 64.1 Å². The second kappa shape index (κ2) is 11.5. The van der Waals surface area contributed by atoms with Crippen molar-refractivity contribution in [1.82, 2.24) is 29.8 Å². The van der Waals surface area contributed by atoms with Crippen LogP contribution < -0.4 is 10.1 Å². The van der Waals surface area contributed by atoms with Crippen LogP contribution in [0.4, 0.5) is 18.0 Å². The maximum atomic E-state index is 15.2. The van der Waals surface area contributed by atoms with Crippen LogP contribution in [-0.4, -0.2) is 80.8 Å². The van der Waals surface area contributed by atoms with Gasteiger partial charge in [0.2, 0.25) is 0 Å². The lowest BCUT2D eigenvalue weighted by molar-refractivity contribution is -0.189. The number of benzene rings is 1. The summed E-state index contributed by atoms with van der Waals surface area (Å²) in [6, 6.07) is 10.3. The van der Waals surface area contributed by atoms with Crippen LogP contribution in [0, 0.1) is 5.92 Å². The zero-order valence-electron chi connectivity index (χ0n) is 25.0. The van der Waals surface area contributed by atoms with Gasteiger partial charge in [-0.15, -0.1) is 10.2 Å². The molecule has 2 aliphatic heterocycles. The van der Waals surface area contributed by atoms with Crippen LogP contribution >= 0.6 is 0 Å². The number of carbonyl (C=O) groups excluding carboxylic acids is 1. The fourth-order valence-corrected chi connectivity index (χ4v) is 5.64. The van der Waals surface area contributed by atoms with E-state index in [0.29, 0.717) is 49.1 Å². The Morgan fingerprint density at radius 1 is 1.14 bits per heavy atom. The lowest BCUT2D eigenvalue weighted by atomic mass is 10.0. The van der Waals surface area contributed by atoms with Crippen LogP contribution in [0.3, 0.4) is 0 Å². The summed E-state index contributed by atoms with van der Waals surface area (Å²) in [6.45, 7) is 8.70. The fraction of sp³-hybridized carbons (Fsp3) is 0.484. The Kier molecular flexibility index (Phi) is 7.87. The molecule has 0 bridgehead atoms. The third kappa shape index (κ3) is 5.90. The molecular weight excluding hydrogens is 577 g/mol. The van der Waals surface area contributed by atoms with Gasteiger partial charge in [-0.05, 0) is 58.0 Å². The van der Waals surface area contributed by atoms with Crippen molar-refractivity contribution in [2.75, 3.05) is 26.3 Å². The predicted molar refractivity (Wildman–Crippen MR) is 156 cm³/mol. The molecule has 1 aromatic carbocycles. The Morgan fingerprint density at radius 2 is 1.93 bits per heavy atom. The first-order chi connectivity index (χ1) is 20.9. The van der Waals surface area contributed by atoms with Crippen LogP contribution in [0.1, 0.15) is 45.9 Å². The zero-order chi connectivity index (χ0) is 31.2. The quantitative estimate of drug-likeness (QED) is 0.290. The van der Waals surface area contributed by atoms with E-state index in [9.17, 15) is 4.79 Å². The lowest BCUT2D eigenvalue weighted by Crippen LogP contribution is -2.51. The van der Waals surface area contributed by atoms with Gasteiger partial charge in [0.05, 0.1) is 18.4 Å². The van der Waals surface area contributed by atoms with Gasteiger partial charge < -0.3 is 19.5 Å². The summed E-state index contributed by atoms with van der Waals surface area (Å²) in [7, 11) is 0. The van der Waals surface area contributed by atoms with Crippen LogP contribution in [0.25, 0.3) is 28.1 Å². The van der Waals surface area contributed by atoms with Gasteiger partial charge in [0.25, 0.3) is 0 Å². The first kappa shape index (κ1) is 30.1. The number of pyridine rings is 2. The van der Waals surface area contributed by atoms with Gasteiger partial charge in [0.15, 0.2) is 17.5 Å². The fourth-order valence-electron chi connectivity index (χ4n) is 5.64. The van der Waals surface area contributed by atoms with E-state index >= 15 is 13.2 Å². The minimum Gasteiger partial charge on any atom is -0.489 e. The van der Waals surface area contributed by atoms with E-state index in [4.69, 9.17) is 19.2 Å². The minimum absolute atomic E-state index is 0.0151. The molecule has 10 nitrogen and oxygen atoms in total. The van der Waals surface area contributed by atoms with Crippen LogP contribution in [0.15, 0.2) is 48.5 Å². The molecule has 2 saturated heterocycles. The molecular formula is C31H35F3N6O4. The van der Waals surface area contributed by atoms with Crippen molar-refractivity contribution < 1.29 is 32.2 Å². The summed E-state index contributed by atoms with van der Waals surface area (Å²) in [5.41, 5.74) is -0.207. The van der Waals surface area contributed by atoms with Crippen molar-refractivity contribution in [3.05, 3.63) is 54.2 Å². The molecule has 0 radical (unpaired) electrons. The summed E-state index contributed by atoms with van der Waals surface area (Å²) < 4.78 is 64.0. The van der Waals surface area contributed by atoms with Crippen molar-refractivity contribution >= 4 is 22.6 Å². The molecule has 13 heteroatoms. The SMILES string of the molecule is CC1COC1COc1cccc2ccc(-c3nnc4cccc([C@@H](N(C(=O)OC(C)(C)C)[C@H]5CCNC5)C(F)(F)F)n34)nc12. The monoisotopic (exact) mass is 612 g/mol. The van der Waals surface area contributed by atoms with Gasteiger partial charge in [-0.2, -0.15) is 13.2 Å². The lowest BCUT2D eigenvalue weighted by Gasteiger charge is -2.38. The van der Waals surface area contributed by atoms with Crippen LogP contribution in [0.2, 0.25) is 0 Å². The molecule has 44 heavy (non-hydrogen) atoms. The number of amides is 1. The largest absolute Gasteiger partial charge is 0.489 e. The zero-order valence-corrected chi connectivity index (χ0v) is 25.0. The highest BCUT2D eigenvalue weighted by molar-refractivity contribution is 5.86. The number of rotatable bonds is 7. The van der Waals surface area contributed by atoms with E-state index in [1.807, 2.05) is 18.2 Å². The number of hydrogen-bond donors (Lipinski definition) is 1. The average molecular weight is 613 g/mol. The Morgan fingerprint density at radius 3 is 2.59 bits per heavy atom. The average Bonchev–Trinajstić information content (AvgIpc) is 3.64. The summed E-state index contributed by atoms with van der Waals surface area (Å²) in [5, 5.41) is 12.3. The summed E-state index contributed by atoms with van der Waals surface area (Å²) in [5.74, 6) is 1.02. The number of aromatic nitrogens is 4. The van der Waals surface area contributed by atoms with Crippen LogP contribution in [0.5, 0.6) is 5.75 Å². The number of nitrogens with one attached hydrogen (secondary N) is 1. The molecule has 1 N–H and O–H groups in total. The van der Waals surface area contributed by atoms with Gasteiger partial charge in [-0.25, -0.2) is 9.78 Å². The number of hydrogen-bond acceptors (Lipinski definition) is 8. The number of carbonyl (C=O) groups is 1. The number of nitrogens with zero attached hydrogens (tertiary/aromatic N) is 5. The number of para-hydroxylation sites is 1. The van der Waals surface area contributed by atoms with Gasteiger partial charge in [-0.3, -0.25) is 9.30 Å². The van der Waals surface area contributed by atoms with E-state index in [1.165, 1.54) is 16.5 Å². The van der Waals surface area contributed by atoms with Gasteiger partial charge in [0, 0.05) is 23.9 Å². The van der Waals surface area contributed by atoms with Crippen LogP contribution in [-0.2, 0) is 9.47 Å². The van der Waals surface area contributed by atoms with Gasteiger partial charge >= 0.3 is 12.3 Å². The van der Waals surface area contributed by atoms with E-state index in [-0.39, 0.29) is 29.8 Å². The normalized spacial score (nSPS) is 21.3. The third-order valence-electron chi connectivity index (χ3n) is 7.88. The molecule has 0 aliphatic carbocycles. The van der Waals surface area contributed by atoms with Crippen molar-refractivity contribution in [3.8, 4) is 17.3 Å². The number of halogens is 3. The van der Waals surface area contributed by atoms with Crippen molar-refractivity contribution in [3.63, 3.8) is 0 Å². The molecule has 4 aromatic rings. The predicted octanol–water partition coefficient (Wildman–Crippen LogP) is 5.56. The van der Waals surface area contributed by atoms with Crippen molar-refractivity contribution in [2.24, 2.45) is 5.92 Å². The Hall–Kier alpha value is -3.97. The topological polar surface area (TPSA) is 103 Å². The molecule has 4 atom stereocenters. The smallest absolute Gasteiger partial charge is 0.414 e. The second-order valence-corrected chi connectivity index (χ2v) is 12.3. The Bertz CT molecular complexity index is 1660. The van der Waals surface area contributed by atoms with E-state index < -0.39 is 30.0 Å². The van der Waals surface area contributed by atoms with E-state index in [0.717, 1.165) is 10.3 Å². The molecule has 0 spiro atoms. The molecule has 3 aromatic heterocycles. The highest BCUT2D eigenvalue weighted by atomic mass is 19.4. The van der Waals surface area contributed by atoms with Gasteiger partial charge in [-0.1, -0.05) is 31.2 Å². The molecule has 6 rings (SSSR count). The van der Waals surface area contributed by atoms with E-state index in [2.05, 4.69) is 22.4 Å². The highest BCUT2D eigenvalue weighted by Gasteiger charge is 2.51. The Balaban J connectivity index is 1.46. The molecule has 1 amide bonds. The number of alkyl halides is 3. The summed E-state index contributed by atoms with van der Waals surface area (Å²) in [4.78, 5) is 19.1. The Labute approximate surface area is 252 Å². The number of ether oxygens (including phenoxy) is 3. The second-order valence-electron chi connectivity index (χ2n) is 12.3. The van der Waals surface area contributed by atoms with Gasteiger partial charge in [0.1, 0.15) is 29.2 Å². The molecule has 5 heterocycles. The third-order valence-corrected chi connectivity index (χ3v) is 7.88. The maximum Gasteiger partial charge on any atom is 0.414 e. The molecule has 2 aliphatic rings. The van der Waals surface area contributed by atoms with Crippen molar-refractivity contribution in [1.29, 1.82) is 0 Å². The number of fused-ring (bicyclic) bond motifs is 2.